The zero-order chi connectivity index (χ0) is 16.4. The molecular weight excluding hydrogens is 328 g/mol. The molecule has 1 heterocycles. The third-order valence-electron chi connectivity index (χ3n) is 3.45. The number of aliphatic imine (C=N–C) groups is 1. The van der Waals surface area contributed by atoms with E-state index in [-0.39, 0.29) is 5.91 Å². The Labute approximate surface area is 144 Å². The minimum Gasteiger partial charge on any atom is -0.290 e. The number of nitrogens with zero attached hydrogens (tertiary/aromatic N) is 2. The molecule has 0 saturated carbocycles. The van der Waals surface area contributed by atoms with Crippen molar-refractivity contribution in [2.45, 2.75) is 6.92 Å². The molecule has 2 aromatic rings. The van der Waals surface area contributed by atoms with Crippen molar-refractivity contribution in [2.75, 3.05) is 7.05 Å². The fourth-order valence-electron chi connectivity index (χ4n) is 2.11. The Kier molecular flexibility index (Phi) is 4.55. The van der Waals surface area contributed by atoms with Gasteiger partial charge in [0.05, 0.1) is 10.6 Å². The molecule has 5 heteroatoms. The van der Waals surface area contributed by atoms with Gasteiger partial charge in [-0.2, -0.15) is 0 Å². The summed E-state index contributed by atoms with van der Waals surface area (Å²) in [6.45, 7) is 2.03. The third kappa shape index (κ3) is 3.49. The zero-order valence-corrected chi connectivity index (χ0v) is 14.4. The molecule has 2 aromatic carbocycles. The number of likely N-dealkylation sites (N-methyl/N-ethyl adjacent to an activating group) is 1. The van der Waals surface area contributed by atoms with Crippen molar-refractivity contribution in [2.24, 2.45) is 4.99 Å². The van der Waals surface area contributed by atoms with E-state index in [1.54, 1.807) is 11.9 Å². The molecule has 0 N–H and O–H groups in total. The van der Waals surface area contributed by atoms with Crippen LogP contribution in [-0.2, 0) is 4.79 Å². The van der Waals surface area contributed by atoms with Crippen LogP contribution in [0.15, 0.2) is 58.4 Å². The summed E-state index contributed by atoms with van der Waals surface area (Å²) in [6, 6.07) is 15.3. The number of carbonyl (C=O) groups is 1. The first-order valence-corrected chi connectivity index (χ1v) is 8.31. The molecule has 1 aliphatic heterocycles. The smallest absolute Gasteiger partial charge is 0.266 e. The molecule has 0 atom stereocenters. The van der Waals surface area contributed by atoms with E-state index in [0.717, 1.165) is 11.3 Å². The highest BCUT2D eigenvalue weighted by atomic mass is 35.5. The normalized spacial score (nSPS) is 18.2. The predicted octanol–water partition coefficient (Wildman–Crippen LogP) is 4.88. The van der Waals surface area contributed by atoms with Gasteiger partial charge in [-0.05, 0) is 48.5 Å². The number of amides is 1. The molecule has 1 saturated heterocycles. The molecular formula is C18H15ClN2OS. The molecule has 116 valence electrons. The molecule has 3 rings (SSSR count). The van der Waals surface area contributed by atoms with Crippen molar-refractivity contribution >= 4 is 46.2 Å². The van der Waals surface area contributed by atoms with Gasteiger partial charge < -0.3 is 0 Å². The largest absolute Gasteiger partial charge is 0.290 e. The monoisotopic (exact) mass is 342 g/mol. The Morgan fingerprint density at radius 1 is 1.13 bits per heavy atom. The van der Waals surface area contributed by atoms with Gasteiger partial charge in [0.2, 0.25) is 0 Å². The van der Waals surface area contributed by atoms with Gasteiger partial charge in [0.15, 0.2) is 5.17 Å². The lowest BCUT2D eigenvalue weighted by Crippen LogP contribution is -2.23. The van der Waals surface area contributed by atoms with Crippen LogP contribution in [0.25, 0.3) is 6.08 Å². The van der Waals surface area contributed by atoms with E-state index in [2.05, 4.69) is 4.99 Å². The zero-order valence-electron chi connectivity index (χ0n) is 12.8. The van der Waals surface area contributed by atoms with E-state index in [9.17, 15) is 4.79 Å². The van der Waals surface area contributed by atoms with Crippen molar-refractivity contribution in [3.63, 3.8) is 0 Å². The number of benzene rings is 2. The highest BCUT2D eigenvalue weighted by Gasteiger charge is 2.30. The molecule has 23 heavy (non-hydrogen) atoms. The number of rotatable bonds is 2. The van der Waals surface area contributed by atoms with Crippen molar-refractivity contribution in [3.8, 4) is 0 Å². The lowest BCUT2D eigenvalue weighted by Gasteiger charge is -2.07. The first kappa shape index (κ1) is 15.8. The molecule has 0 aliphatic carbocycles. The van der Waals surface area contributed by atoms with Crippen LogP contribution in [0.2, 0.25) is 5.02 Å². The fourth-order valence-corrected chi connectivity index (χ4v) is 3.28. The quantitative estimate of drug-likeness (QED) is 0.728. The Balaban J connectivity index is 1.91. The van der Waals surface area contributed by atoms with E-state index in [1.165, 1.54) is 17.3 Å². The van der Waals surface area contributed by atoms with Crippen LogP contribution >= 0.6 is 23.4 Å². The Hall–Kier alpha value is -2.04. The summed E-state index contributed by atoms with van der Waals surface area (Å²) in [5.74, 6) is -0.0687. The summed E-state index contributed by atoms with van der Waals surface area (Å²) in [5.41, 5.74) is 2.84. The molecule has 0 unspecified atom stereocenters. The minimum absolute atomic E-state index is 0.0687. The van der Waals surface area contributed by atoms with Crippen molar-refractivity contribution in [3.05, 3.63) is 69.6 Å². The standard InChI is InChI=1S/C18H15ClN2OS/c1-12-7-9-14(10-8-12)20-18-21(2)17(22)16(23-18)11-13-5-3-4-6-15(13)19/h3-11H,1-2H3/b16-11+,20-18?. The summed E-state index contributed by atoms with van der Waals surface area (Å²) < 4.78 is 0. The van der Waals surface area contributed by atoms with E-state index in [4.69, 9.17) is 11.6 Å². The van der Waals surface area contributed by atoms with Crippen LogP contribution in [-0.4, -0.2) is 23.0 Å². The number of hydrogen-bond donors (Lipinski definition) is 0. The van der Waals surface area contributed by atoms with Crippen molar-refractivity contribution in [1.82, 2.24) is 4.90 Å². The second-order valence-corrected chi connectivity index (χ2v) is 6.64. The number of thioether (sulfide) groups is 1. The molecule has 0 radical (unpaired) electrons. The van der Waals surface area contributed by atoms with Gasteiger partial charge in [-0.3, -0.25) is 9.69 Å². The average molecular weight is 343 g/mol. The molecule has 1 amide bonds. The highest BCUT2D eigenvalue weighted by molar-refractivity contribution is 8.18. The van der Waals surface area contributed by atoms with Crippen LogP contribution in [0, 0.1) is 6.92 Å². The van der Waals surface area contributed by atoms with Crippen LogP contribution in [0.1, 0.15) is 11.1 Å². The second-order valence-electron chi connectivity index (χ2n) is 5.23. The Morgan fingerprint density at radius 3 is 2.52 bits per heavy atom. The van der Waals surface area contributed by atoms with Crippen LogP contribution < -0.4 is 0 Å². The van der Waals surface area contributed by atoms with Crippen LogP contribution in [0.5, 0.6) is 0 Å². The molecule has 1 fully saturated rings. The van der Waals surface area contributed by atoms with E-state index >= 15 is 0 Å². The molecule has 3 nitrogen and oxygen atoms in total. The first-order chi connectivity index (χ1) is 11.0. The predicted molar refractivity (Wildman–Crippen MR) is 98.1 cm³/mol. The maximum Gasteiger partial charge on any atom is 0.266 e. The minimum atomic E-state index is -0.0687. The molecule has 1 aliphatic rings. The lowest BCUT2D eigenvalue weighted by atomic mass is 10.2. The van der Waals surface area contributed by atoms with Gasteiger partial charge in [-0.15, -0.1) is 0 Å². The van der Waals surface area contributed by atoms with Gasteiger partial charge in [0.1, 0.15) is 0 Å². The lowest BCUT2D eigenvalue weighted by molar-refractivity contribution is -0.121. The van der Waals surface area contributed by atoms with Gasteiger partial charge in [0, 0.05) is 12.1 Å². The summed E-state index contributed by atoms with van der Waals surface area (Å²) in [6.07, 6.45) is 1.81. The number of hydrogen-bond acceptors (Lipinski definition) is 3. The SMILES string of the molecule is Cc1ccc(N=C2S/C(=C/c3ccccc3Cl)C(=O)N2C)cc1. The number of carbonyl (C=O) groups excluding carboxylic acids is 1. The van der Waals surface area contributed by atoms with E-state index in [1.807, 2.05) is 61.5 Å². The maximum atomic E-state index is 12.4. The summed E-state index contributed by atoms with van der Waals surface area (Å²) in [5, 5.41) is 1.29. The number of halogens is 1. The fraction of sp³-hybridized carbons (Fsp3) is 0.111. The first-order valence-electron chi connectivity index (χ1n) is 7.12. The van der Waals surface area contributed by atoms with Gasteiger partial charge >= 0.3 is 0 Å². The summed E-state index contributed by atoms with van der Waals surface area (Å²) >= 11 is 7.52. The Morgan fingerprint density at radius 2 is 1.83 bits per heavy atom. The van der Waals surface area contributed by atoms with Crippen molar-refractivity contribution in [1.29, 1.82) is 0 Å². The van der Waals surface area contributed by atoms with Crippen LogP contribution in [0.4, 0.5) is 5.69 Å². The van der Waals surface area contributed by atoms with E-state index in [0.29, 0.717) is 15.1 Å². The number of aryl methyl sites for hydroxylation is 1. The summed E-state index contributed by atoms with van der Waals surface area (Å²) in [4.78, 5) is 19.1. The average Bonchev–Trinajstić information content (AvgIpc) is 2.80. The molecule has 0 spiro atoms. The summed E-state index contributed by atoms with van der Waals surface area (Å²) in [7, 11) is 1.73. The third-order valence-corrected chi connectivity index (χ3v) is 4.86. The second kappa shape index (κ2) is 6.60. The topological polar surface area (TPSA) is 32.7 Å². The van der Waals surface area contributed by atoms with Gasteiger partial charge in [-0.25, -0.2) is 4.99 Å². The van der Waals surface area contributed by atoms with E-state index < -0.39 is 0 Å². The Bertz CT molecular complexity index is 812. The number of amidine groups is 1. The molecule has 0 bridgehead atoms. The van der Waals surface area contributed by atoms with Gasteiger partial charge in [-0.1, -0.05) is 47.5 Å². The highest BCUT2D eigenvalue weighted by Crippen LogP contribution is 2.34. The molecule has 0 aromatic heterocycles. The van der Waals surface area contributed by atoms with Gasteiger partial charge in [0.25, 0.3) is 5.91 Å². The maximum absolute atomic E-state index is 12.4. The van der Waals surface area contributed by atoms with Crippen LogP contribution in [0.3, 0.4) is 0 Å². The van der Waals surface area contributed by atoms with Crippen molar-refractivity contribution < 1.29 is 4.79 Å².